The van der Waals surface area contributed by atoms with E-state index in [1.165, 1.54) is 17.3 Å². The Hall–Kier alpha value is -3.25. The number of aliphatic hydroxyl groups excluding tert-OH is 1. The van der Waals surface area contributed by atoms with Gasteiger partial charge in [0.25, 0.3) is 11.7 Å². The van der Waals surface area contributed by atoms with Gasteiger partial charge >= 0.3 is 0 Å². The molecule has 6 heteroatoms. The first-order valence-electron chi connectivity index (χ1n) is 8.60. The molecular weight excluding hydrogens is 420 g/mol. The zero-order chi connectivity index (χ0) is 19.7. The van der Waals surface area contributed by atoms with Gasteiger partial charge < -0.3 is 5.11 Å². The lowest BCUT2D eigenvalue weighted by Crippen LogP contribution is -2.29. The van der Waals surface area contributed by atoms with Crippen LogP contribution in [0.1, 0.15) is 17.2 Å². The van der Waals surface area contributed by atoms with E-state index in [1.54, 1.807) is 30.3 Å². The van der Waals surface area contributed by atoms with Gasteiger partial charge in [0.2, 0.25) is 0 Å². The second-order valence-corrected chi connectivity index (χ2v) is 7.21. The SMILES string of the molecule is O=C1C(=O)N(c2cccc(Br)c2)C(c2ccccc2)/C1=C(\O)c1ccncc1. The highest BCUT2D eigenvalue weighted by molar-refractivity contribution is 9.10. The first kappa shape index (κ1) is 18.1. The number of aromatic nitrogens is 1. The molecule has 1 aliphatic rings. The van der Waals surface area contributed by atoms with Crippen molar-refractivity contribution >= 4 is 39.1 Å². The molecule has 1 aliphatic heterocycles. The Morgan fingerprint density at radius 2 is 1.68 bits per heavy atom. The van der Waals surface area contributed by atoms with Crippen molar-refractivity contribution in [1.29, 1.82) is 0 Å². The molecule has 4 rings (SSSR count). The maximum absolute atomic E-state index is 13.0. The summed E-state index contributed by atoms with van der Waals surface area (Å²) in [5.41, 5.74) is 1.79. The lowest BCUT2D eigenvalue weighted by atomic mass is 9.95. The second kappa shape index (κ2) is 7.40. The van der Waals surface area contributed by atoms with Gasteiger partial charge in [0.1, 0.15) is 5.76 Å². The number of benzene rings is 2. The normalized spacial score (nSPS) is 18.5. The average molecular weight is 435 g/mol. The minimum absolute atomic E-state index is 0.0578. The van der Waals surface area contributed by atoms with Gasteiger partial charge in [-0.15, -0.1) is 0 Å². The number of hydrogen-bond acceptors (Lipinski definition) is 4. The summed E-state index contributed by atoms with van der Waals surface area (Å²) in [6.45, 7) is 0. The number of halogens is 1. The molecule has 2 heterocycles. The van der Waals surface area contributed by atoms with Crippen molar-refractivity contribution in [3.63, 3.8) is 0 Å². The fourth-order valence-electron chi connectivity index (χ4n) is 3.34. The molecule has 0 saturated carbocycles. The van der Waals surface area contributed by atoms with Gasteiger partial charge in [0, 0.05) is 28.1 Å². The number of carbonyl (C=O) groups is 2. The van der Waals surface area contributed by atoms with Crippen LogP contribution in [0.2, 0.25) is 0 Å². The van der Waals surface area contributed by atoms with E-state index in [9.17, 15) is 14.7 Å². The molecule has 2 aromatic carbocycles. The number of anilines is 1. The summed E-state index contributed by atoms with van der Waals surface area (Å²) in [7, 11) is 0. The van der Waals surface area contributed by atoms with Crippen LogP contribution in [0.3, 0.4) is 0 Å². The van der Waals surface area contributed by atoms with Crippen molar-refractivity contribution in [2.75, 3.05) is 4.90 Å². The Morgan fingerprint density at radius 3 is 2.36 bits per heavy atom. The quantitative estimate of drug-likeness (QED) is 0.375. The number of nitrogens with zero attached hydrogens (tertiary/aromatic N) is 2. The lowest BCUT2D eigenvalue weighted by molar-refractivity contribution is -0.132. The molecular formula is C22H15BrN2O3. The molecule has 1 N–H and O–H groups in total. The van der Waals surface area contributed by atoms with Gasteiger partial charge in [-0.3, -0.25) is 19.5 Å². The van der Waals surface area contributed by atoms with E-state index in [1.807, 2.05) is 36.4 Å². The standard InChI is InChI=1S/C22H15BrN2O3/c23-16-7-4-8-17(13-16)25-19(14-5-2-1-3-6-14)18(21(27)22(25)28)20(26)15-9-11-24-12-10-15/h1-13,19,26H/b20-18+. The zero-order valence-corrected chi connectivity index (χ0v) is 16.2. The highest BCUT2D eigenvalue weighted by Crippen LogP contribution is 2.42. The Morgan fingerprint density at radius 1 is 0.964 bits per heavy atom. The van der Waals surface area contributed by atoms with E-state index in [-0.39, 0.29) is 11.3 Å². The fourth-order valence-corrected chi connectivity index (χ4v) is 3.73. The molecule has 0 radical (unpaired) electrons. The Labute approximate surface area is 170 Å². The lowest BCUT2D eigenvalue weighted by Gasteiger charge is -2.25. The zero-order valence-electron chi connectivity index (χ0n) is 14.6. The van der Waals surface area contributed by atoms with Crippen molar-refractivity contribution in [3.05, 3.63) is 100 Å². The summed E-state index contributed by atoms with van der Waals surface area (Å²) in [5, 5.41) is 10.9. The first-order valence-corrected chi connectivity index (χ1v) is 9.39. The highest BCUT2D eigenvalue weighted by atomic mass is 79.9. The summed E-state index contributed by atoms with van der Waals surface area (Å²) >= 11 is 3.41. The minimum atomic E-state index is -0.733. The molecule has 28 heavy (non-hydrogen) atoms. The molecule has 1 amide bonds. The molecule has 1 saturated heterocycles. The number of ketones is 1. The van der Waals surface area contributed by atoms with Gasteiger partial charge in [-0.25, -0.2) is 0 Å². The van der Waals surface area contributed by atoms with Crippen LogP contribution < -0.4 is 4.90 Å². The topological polar surface area (TPSA) is 70.5 Å². The van der Waals surface area contributed by atoms with E-state index in [4.69, 9.17) is 0 Å². The summed E-state index contributed by atoms with van der Waals surface area (Å²) in [6, 6.07) is 18.8. The molecule has 138 valence electrons. The van der Waals surface area contributed by atoms with Crippen LogP contribution in [0.4, 0.5) is 5.69 Å². The van der Waals surface area contributed by atoms with E-state index >= 15 is 0 Å². The van der Waals surface area contributed by atoms with Crippen molar-refractivity contribution in [3.8, 4) is 0 Å². The molecule has 0 spiro atoms. The van der Waals surface area contributed by atoms with E-state index < -0.39 is 17.7 Å². The van der Waals surface area contributed by atoms with Crippen molar-refractivity contribution < 1.29 is 14.7 Å². The van der Waals surface area contributed by atoms with Crippen LogP contribution in [-0.2, 0) is 9.59 Å². The van der Waals surface area contributed by atoms with Crippen LogP contribution in [0, 0.1) is 0 Å². The van der Waals surface area contributed by atoms with Crippen molar-refractivity contribution in [2.24, 2.45) is 0 Å². The molecule has 1 unspecified atom stereocenters. The molecule has 0 bridgehead atoms. The molecule has 1 atom stereocenters. The smallest absolute Gasteiger partial charge is 0.300 e. The van der Waals surface area contributed by atoms with Crippen molar-refractivity contribution in [1.82, 2.24) is 4.98 Å². The number of amides is 1. The average Bonchev–Trinajstić information content (AvgIpc) is 3.00. The Kier molecular flexibility index (Phi) is 4.79. The molecule has 1 aromatic heterocycles. The van der Waals surface area contributed by atoms with Gasteiger partial charge in [0.15, 0.2) is 0 Å². The van der Waals surface area contributed by atoms with Crippen molar-refractivity contribution in [2.45, 2.75) is 6.04 Å². The van der Waals surface area contributed by atoms with Gasteiger partial charge in [-0.2, -0.15) is 0 Å². The van der Waals surface area contributed by atoms with Crippen LogP contribution in [0.25, 0.3) is 5.76 Å². The van der Waals surface area contributed by atoms with Crippen LogP contribution in [0.15, 0.2) is 89.2 Å². The summed E-state index contributed by atoms with van der Waals surface area (Å²) in [5.74, 6) is -1.61. The minimum Gasteiger partial charge on any atom is -0.507 e. The van der Waals surface area contributed by atoms with Gasteiger partial charge in [-0.1, -0.05) is 52.3 Å². The number of Topliss-reactive ketones (excluding diaryl/α,β-unsaturated/α-hetero) is 1. The monoisotopic (exact) mass is 434 g/mol. The highest BCUT2D eigenvalue weighted by Gasteiger charge is 2.46. The van der Waals surface area contributed by atoms with E-state index in [2.05, 4.69) is 20.9 Å². The van der Waals surface area contributed by atoms with Gasteiger partial charge in [0.05, 0.1) is 11.6 Å². The third kappa shape index (κ3) is 3.12. The van der Waals surface area contributed by atoms with Crippen LogP contribution in [0.5, 0.6) is 0 Å². The predicted molar refractivity (Wildman–Crippen MR) is 110 cm³/mol. The summed E-state index contributed by atoms with van der Waals surface area (Å²) in [4.78, 5) is 31.2. The fraction of sp³-hybridized carbons (Fsp3) is 0.0455. The predicted octanol–water partition coefficient (Wildman–Crippen LogP) is 4.47. The van der Waals surface area contributed by atoms with E-state index in [0.29, 0.717) is 11.3 Å². The number of hydrogen-bond donors (Lipinski definition) is 1. The third-order valence-corrected chi connectivity index (χ3v) is 5.09. The number of pyridine rings is 1. The van der Waals surface area contributed by atoms with Crippen LogP contribution in [-0.4, -0.2) is 21.8 Å². The molecule has 3 aromatic rings. The van der Waals surface area contributed by atoms with Gasteiger partial charge in [-0.05, 0) is 35.9 Å². The molecule has 0 aliphatic carbocycles. The largest absolute Gasteiger partial charge is 0.507 e. The first-order chi connectivity index (χ1) is 13.6. The number of rotatable bonds is 3. The number of aliphatic hydroxyl groups is 1. The Bertz CT molecular complexity index is 1080. The van der Waals surface area contributed by atoms with E-state index in [0.717, 1.165) is 10.0 Å². The number of carbonyl (C=O) groups excluding carboxylic acids is 2. The maximum Gasteiger partial charge on any atom is 0.300 e. The summed E-state index contributed by atoms with van der Waals surface area (Å²) in [6.07, 6.45) is 3.05. The second-order valence-electron chi connectivity index (χ2n) is 6.30. The summed E-state index contributed by atoms with van der Waals surface area (Å²) < 4.78 is 0.785. The Balaban J connectivity index is 1.95. The van der Waals surface area contributed by atoms with Crippen LogP contribution >= 0.6 is 15.9 Å². The third-order valence-electron chi connectivity index (χ3n) is 4.60. The maximum atomic E-state index is 13.0. The molecule has 5 nitrogen and oxygen atoms in total. The molecule has 1 fully saturated rings.